The molecule has 1 atom stereocenters. The normalized spacial score (nSPS) is 13.0. The van der Waals surface area contributed by atoms with Gasteiger partial charge in [0, 0.05) is 17.0 Å². The SMILES string of the molecule is CC(c1ccco1)N(C)Cc1ccc2cc(Cl)ccc2n1. The van der Waals surface area contributed by atoms with Crippen LogP contribution in [0.1, 0.15) is 24.4 Å². The molecule has 0 radical (unpaired) electrons. The molecule has 0 spiro atoms. The molecule has 108 valence electrons. The van der Waals surface area contributed by atoms with Gasteiger partial charge in [0.05, 0.1) is 23.5 Å². The quantitative estimate of drug-likeness (QED) is 0.701. The summed E-state index contributed by atoms with van der Waals surface area (Å²) >= 11 is 5.99. The molecule has 3 aromatic rings. The van der Waals surface area contributed by atoms with Gasteiger partial charge in [0.15, 0.2) is 0 Å². The van der Waals surface area contributed by atoms with Crippen LogP contribution in [0.25, 0.3) is 10.9 Å². The van der Waals surface area contributed by atoms with Crippen LogP contribution in [0, 0.1) is 0 Å². The maximum absolute atomic E-state index is 5.99. The summed E-state index contributed by atoms with van der Waals surface area (Å²) in [6.07, 6.45) is 1.71. The molecule has 0 N–H and O–H groups in total. The minimum absolute atomic E-state index is 0.211. The molecule has 0 amide bonds. The first-order chi connectivity index (χ1) is 10.1. The summed E-state index contributed by atoms with van der Waals surface area (Å²) in [6, 6.07) is 14.0. The third-order valence-electron chi connectivity index (χ3n) is 3.74. The zero-order valence-corrected chi connectivity index (χ0v) is 12.8. The van der Waals surface area contributed by atoms with Crippen LogP contribution in [0.5, 0.6) is 0 Å². The van der Waals surface area contributed by atoms with Gasteiger partial charge in [0.2, 0.25) is 0 Å². The molecule has 1 aromatic carbocycles. The van der Waals surface area contributed by atoms with Gasteiger partial charge < -0.3 is 4.42 Å². The zero-order valence-electron chi connectivity index (χ0n) is 12.1. The lowest BCUT2D eigenvalue weighted by atomic mass is 10.2. The van der Waals surface area contributed by atoms with Crippen LogP contribution < -0.4 is 0 Å². The van der Waals surface area contributed by atoms with E-state index in [4.69, 9.17) is 16.0 Å². The fourth-order valence-corrected chi connectivity index (χ4v) is 2.55. The monoisotopic (exact) mass is 300 g/mol. The first-order valence-electron chi connectivity index (χ1n) is 6.92. The molecule has 3 nitrogen and oxygen atoms in total. The summed E-state index contributed by atoms with van der Waals surface area (Å²) in [5, 5.41) is 1.80. The Balaban J connectivity index is 1.79. The van der Waals surface area contributed by atoms with E-state index in [1.165, 1.54) is 0 Å². The summed E-state index contributed by atoms with van der Waals surface area (Å²) in [4.78, 5) is 6.90. The number of pyridine rings is 1. The van der Waals surface area contributed by atoms with Crippen molar-refractivity contribution in [3.8, 4) is 0 Å². The van der Waals surface area contributed by atoms with Gasteiger partial charge in [-0.15, -0.1) is 0 Å². The van der Waals surface area contributed by atoms with Crippen molar-refractivity contribution in [2.24, 2.45) is 0 Å². The maximum Gasteiger partial charge on any atom is 0.120 e. The predicted molar refractivity (Wildman–Crippen MR) is 85.3 cm³/mol. The zero-order chi connectivity index (χ0) is 14.8. The largest absolute Gasteiger partial charge is 0.468 e. The molecule has 0 bridgehead atoms. The van der Waals surface area contributed by atoms with Crippen molar-refractivity contribution in [3.63, 3.8) is 0 Å². The van der Waals surface area contributed by atoms with E-state index in [0.717, 1.165) is 33.9 Å². The lowest BCUT2D eigenvalue weighted by molar-refractivity contribution is 0.221. The number of nitrogens with zero attached hydrogens (tertiary/aromatic N) is 2. The molecule has 0 saturated heterocycles. The van der Waals surface area contributed by atoms with Gasteiger partial charge in [-0.2, -0.15) is 0 Å². The second kappa shape index (κ2) is 5.88. The van der Waals surface area contributed by atoms with Crippen LogP contribution in [-0.2, 0) is 6.54 Å². The van der Waals surface area contributed by atoms with Crippen molar-refractivity contribution >= 4 is 22.5 Å². The Morgan fingerprint density at radius 1 is 1.24 bits per heavy atom. The molecular formula is C17H17ClN2O. The Kier molecular flexibility index (Phi) is 3.95. The Labute approximate surface area is 129 Å². The summed E-state index contributed by atoms with van der Waals surface area (Å²) in [5.74, 6) is 0.963. The van der Waals surface area contributed by atoms with E-state index in [9.17, 15) is 0 Å². The minimum Gasteiger partial charge on any atom is -0.468 e. The summed E-state index contributed by atoms with van der Waals surface area (Å²) in [7, 11) is 2.07. The number of hydrogen-bond donors (Lipinski definition) is 0. The van der Waals surface area contributed by atoms with Crippen molar-refractivity contribution < 1.29 is 4.42 Å². The van der Waals surface area contributed by atoms with Crippen LogP contribution in [0.15, 0.2) is 53.1 Å². The van der Waals surface area contributed by atoms with Gasteiger partial charge in [0.25, 0.3) is 0 Å². The number of aromatic nitrogens is 1. The molecule has 0 aliphatic heterocycles. The predicted octanol–water partition coefficient (Wildman–Crippen LogP) is 4.67. The first-order valence-corrected chi connectivity index (χ1v) is 7.30. The molecule has 0 fully saturated rings. The van der Waals surface area contributed by atoms with Crippen LogP contribution in [0.4, 0.5) is 0 Å². The molecule has 4 heteroatoms. The molecule has 0 saturated carbocycles. The van der Waals surface area contributed by atoms with Gasteiger partial charge in [-0.1, -0.05) is 17.7 Å². The van der Waals surface area contributed by atoms with Crippen molar-refractivity contribution in [3.05, 3.63) is 65.2 Å². The molecule has 0 aliphatic rings. The highest BCUT2D eigenvalue weighted by molar-refractivity contribution is 6.31. The van der Waals surface area contributed by atoms with E-state index >= 15 is 0 Å². The smallest absolute Gasteiger partial charge is 0.120 e. The van der Waals surface area contributed by atoms with Crippen LogP contribution in [0.2, 0.25) is 5.02 Å². The second-order valence-electron chi connectivity index (χ2n) is 5.25. The first kappa shape index (κ1) is 14.1. The molecule has 2 aromatic heterocycles. The standard InChI is InChI=1S/C17H17ClN2O/c1-12(17-4-3-9-21-17)20(2)11-15-7-5-13-10-14(18)6-8-16(13)19-15/h3-10,12H,11H2,1-2H3. The maximum atomic E-state index is 5.99. The van der Waals surface area contributed by atoms with Crippen molar-refractivity contribution in [2.45, 2.75) is 19.5 Å². The number of furan rings is 1. The van der Waals surface area contributed by atoms with Crippen LogP contribution in [-0.4, -0.2) is 16.9 Å². The minimum atomic E-state index is 0.211. The lowest BCUT2D eigenvalue weighted by Gasteiger charge is -2.22. The third kappa shape index (κ3) is 3.09. The van der Waals surface area contributed by atoms with E-state index in [-0.39, 0.29) is 6.04 Å². The Morgan fingerprint density at radius 2 is 2.10 bits per heavy atom. The van der Waals surface area contributed by atoms with Gasteiger partial charge in [-0.05, 0) is 50.4 Å². The average molecular weight is 301 g/mol. The third-order valence-corrected chi connectivity index (χ3v) is 3.97. The highest BCUT2D eigenvalue weighted by Gasteiger charge is 2.15. The van der Waals surface area contributed by atoms with E-state index < -0.39 is 0 Å². The van der Waals surface area contributed by atoms with E-state index in [1.807, 2.05) is 36.4 Å². The number of fused-ring (bicyclic) bond motifs is 1. The number of hydrogen-bond acceptors (Lipinski definition) is 3. The van der Waals surface area contributed by atoms with Gasteiger partial charge >= 0.3 is 0 Å². The number of benzene rings is 1. The van der Waals surface area contributed by atoms with Crippen molar-refractivity contribution in [1.82, 2.24) is 9.88 Å². The average Bonchev–Trinajstić information content (AvgIpc) is 3.00. The Hall–Kier alpha value is -1.84. The summed E-state index contributed by atoms with van der Waals surface area (Å²) in [6.45, 7) is 2.89. The van der Waals surface area contributed by atoms with Crippen LogP contribution in [0.3, 0.4) is 0 Å². The summed E-state index contributed by atoms with van der Waals surface area (Å²) in [5.41, 5.74) is 2.00. The fourth-order valence-electron chi connectivity index (χ4n) is 2.37. The Morgan fingerprint density at radius 3 is 2.86 bits per heavy atom. The van der Waals surface area contributed by atoms with Gasteiger partial charge in [0.1, 0.15) is 5.76 Å². The van der Waals surface area contributed by atoms with Gasteiger partial charge in [-0.3, -0.25) is 9.88 Å². The summed E-state index contributed by atoms with van der Waals surface area (Å²) < 4.78 is 5.46. The van der Waals surface area contributed by atoms with Crippen LogP contribution >= 0.6 is 11.6 Å². The van der Waals surface area contributed by atoms with Crippen molar-refractivity contribution in [1.29, 1.82) is 0 Å². The molecule has 0 aliphatic carbocycles. The molecule has 2 heterocycles. The van der Waals surface area contributed by atoms with Gasteiger partial charge in [-0.25, -0.2) is 0 Å². The van der Waals surface area contributed by atoms with E-state index in [0.29, 0.717) is 0 Å². The molecule has 3 rings (SSSR count). The highest BCUT2D eigenvalue weighted by atomic mass is 35.5. The molecule has 1 unspecified atom stereocenters. The molecular weight excluding hydrogens is 284 g/mol. The second-order valence-corrected chi connectivity index (χ2v) is 5.68. The van der Waals surface area contributed by atoms with E-state index in [1.54, 1.807) is 6.26 Å². The molecule has 21 heavy (non-hydrogen) atoms. The van der Waals surface area contributed by atoms with E-state index in [2.05, 4.69) is 29.9 Å². The lowest BCUT2D eigenvalue weighted by Crippen LogP contribution is -2.22. The number of rotatable bonds is 4. The highest BCUT2D eigenvalue weighted by Crippen LogP contribution is 2.22. The fraction of sp³-hybridized carbons (Fsp3) is 0.235. The van der Waals surface area contributed by atoms with Crippen molar-refractivity contribution in [2.75, 3.05) is 7.05 Å². The number of halogens is 1. The Bertz CT molecular complexity index is 740. The topological polar surface area (TPSA) is 29.3 Å².